The fourth-order valence-electron chi connectivity index (χ4n) is 2.05. The highest BCUT2D eigenvalue weighted by atomic mass is 16.5. The summed E-state index contributed by atoms with van der Waals surface area (Å²) in [7, 11) is 0. The molecule has 0 radical (unpaired) electrons. The highest BCUT2D eigenvalue weighted by molar-refractivity contribution is 5.84. The minimum absolute atomic E-state index is 0.152. The Kier molecular flexibility index (Phi) is 4.20. The van der Waals surface area contributed by atoms with Crippen molar-refractivity contribution in [3.05, 3.63) is 39.7 Å². The van der Waals surface area contributed by atoms with Gasteiger partial charge >= 0.3 is 11.6 Å². The lowest BCUT2D eigenvalue weighted by Crippen LogP contribution is -2.14. The molecule has 2 aromatic rings. The van der Waals surface area contributed by atoms with E-state index >= 15 is 0 Å². The smallest absolute Gasteiger partial charge is 0.336 e. The summed E-state index contributed by atoms with van der Waals surface area (Å²) >= 11 is 0. The van der Waals surface area contributed by atoms with E-state index < -0.39 is 11.6 Å². The first-order valence-electron chi connectivity index (χ1n) is 6.53. The summed E-state index contributed by atoms with van der Waals surface area (Å²) in [6, 6.07) is 4.93. The molecular weight excluding hydrogens is 258 g/mol. The molecule has 0 spiro atoms. The molecule has 20 heavy (non-hydrogen) atoms. The molecule has 0 unspecified atom stereocenters. The number of hydrogen-bond donors (Lipinski definition) is 1. The molecule has 1 heterocycles. The van der Waals surface area contributed by atoms with Crippen LogP contribution in [0, 0.1) is 6.92 Å². The van der Waals surface area contributed by atoms with Gasteiger partial charge in [-0.3, -0.25) is 4.79 Å². The molecule has 1 aromatic carbocycles. The summed E-state index contributed by atoms with van der Waals surface area (Å²) in [6.07, 6.45) is 0.860. The molecule has 0 bridgehead atoms. The molecule has 0 amide bonds. The molecule has 0 saturated heterocycles. The van der Waals surface area contributed by atoms with Crippen LogP contribution in [0.5, 0.6) is 5.75 Å². The predicted molar refractivity (Wildman–Crippen MR) is 75.9 cm³/mol. The maximum Gasteiger partial charge on any atom is 0.336 e. The van der Waals surface area contributed by atoms with Gasteiger partial charge in [-0.15, -0.1) is 0 Å². The van der Waals surface area contributed by atoms with Gasteiger partial charge < -0.3 is 14.9 Å². The van der Waals surface area contributed by atoms with Crippen LogP contribution in [0.3, 0.4) is 0 Å². The molecule has 0 atom stereocenters. The minimum Gasteiger partial charge on any atom is -0.426 e. The van der Waals surface area contributed by atoms with Gasteiger partial charge in [0.05, 0.1) is 6.42 Å². The molecule has 0 aliphatic carbocycles. The van der Waals surface area contributed by atoms with Crippen molar-refractivity contribution < 1.29 is 13.9 Å². The zero-order valence-electron chi connectivity index (χ0n) is 11.6. The standard InChI is InChI=1S/C15H17NO4/c1-3-10-7-11-9(2)6-15(18)20-13(11)8-12(10)19-14(17)4-5-16/h6-8H,3-5,16H2,1-2H3. The van der Waals surface area contributed by atoms with Crippen molar-refractivity contribution in [2.75, 3.05) is 6.54 Å². The number of benzene rings is 1. The number of nitrogens with two attached hydrogens (primary N) is 1. The summed E-state index contributed by atoms with van der Waals surface area (Å²) in [5, 5.41) is 0.847. The second-order valence-electron chi connectivity index (χ2n) is 4.57. The van der Waals surface area contributed by atoms with E-state index in [1.54, 1.807) is 6.07 Å². The van der Waals surface area contributed by atoms with Gasteiger partial charge in [-0.25, -0.2) is 4.79 Å². The van der Waals surface area contributed by atoms with E-state index in [-0.39, 0.29) is 13.0 Å². The molecule has 5 nitrogen and oxygen atoms in total. The van der Waals surface area contributed by atoms with Gasteiger partial charge in [-0.2, -0.15) is 0 Å². The lowest BCUT2D eigenvalue weighted by atomic mass is 10.1. The van der Waals surface area contributed by atoms with Crippen LogP contribution < -0.4 is 16.1 Å². The van der Waals surface area contributed by atoms with Gasteiger partial charge in [0.2, 0.25) is 0 Å². The third-order valence-corrected chi connectivity index (χ3v) is 3.09. The fourth-order valence-corrected chi connectivity index (χ4v) is 2.05. The van der Waals surface area contributed by atoms with Crippen molar-refractivity contribution in [2.24, 2.45) is 5.73 Å². The Morgan fingerprint density at radius 2 is 2.10 bits per heavy atom. The van der Waals surface area contributed by atoms with Gasteiger partial charge in [-0.1, -0.05) is 6.92 Å². The number of aryl methyl sites for hydroxylation is 2. The van der Waals surface area contributed by atoms with Gasteiger partial charge in [0, 0.05) is 24.1 Å². The third kappa shape index (κ3) is 2.88. The highest BCUT2D eigenvalue weighted by Crippen LogP contribution is 2.28. The van der Waals surface area contributed by atoms with Crippen LogP contribution in [0.25, 0.3) is 11.0 Å². The monoisotopic (exact) mass is 275 g/mol. The Morgan fingerprint density at radius 3 is 2.75 bits per heavy atom. The van der Waals surface area contributed by atoms with Crippen LogP contribution in [-0.4, -0.2) is 12.5 Å². The van der Waals surface area contributed by atoms with Gasteiger partial charge in [0.1, 0.15) is 11.3 Å². The first kappa shape index (κ1) is 14.3. The topological polar surface area (TPSA) is 82.5 Å². The van der Waals surface area contributed by atoms with E-state index in [9.17, 15) is 9.59 Å². The van der Waals surface area contributed by atoms with Crippen LogP contribution in [0.15, 0.2) is 27.4 Å². The minimum atomic E-state index is -0.418. The molecule has 2 rings (SSSR count). The average Bonchev–Trinajstić information content (AvgIpc) is 2.38. The Balaban J connectivity index is 2.53. The van der Waals surface area contributed by atoms with Crippen molar-refractivity contribution in [2.45, 2.75) is 26.7 Å². The van der Waals surface area contributed by atoms with E-state index in [1.165, 1.54) is 6.07 Å². The maximum absolute atomic E-state index is 11.6. The summed E-state index contributed by atoms with van der Waals surface area (Å²) in [6.45, 7) is 4.05. The second-order valence-corrected chi connectivity index (χ2v) is 4.57. The van der Waals surface area contributed by atoms with Crippen molar-refractivity contribution in [3.63, 3.8) is 0 Å². The predicted octanol–water partition coefficient (Wildman–Crippen LogP) is 1.92. The maximum atomic E-state index is 11.6. The largest absolute Gasteiger partial charge is 0.426 e. The zero-order chi connectivity index (χ0) is 14.7. The van der Waals surface area contributed by atoms with Crippen LogP contribution in [-0.2, 0) is 11.2 Å². The number of esters is 1. The fraction of sp³-hybridized carbons (Fsp3) is 0.333. The molecule has 2 N–H and O–H groups in total. The first-order valence-corrected chi connectivity index (χ1v) is 6.53. The molecular formula is C15H17NO4. The summed E-state index contributed by atoms with van der Waals surface area (Å²) in [5.74, 6) is 0.0313. The van der Waals surface area contributed by atoms with E-state index in [4.69, 9.17) is 14.9 Å². The van der Waals surface area contributed by atoms with E-state index in [0.717, 1.165) is 16.5 Å². The molecule has 1 aromatic heterocycles. The molecule has 0 fully saturated rings. The number of carbonyl (C=O) groups excluding carboxylic acids is 1. The first-order chi connectivity index (χ1) is 9.55. The van der Waals surface area contributed by atoms with Crippen LogP contribution in [0.4, 0.5) is 0 Å². The average molecular weight is 275 g/mol. The number of rotatable bonds is 4. The molecule has 0 aliphatic rings. The van der Waals surface area contributed by atoms with Crippen LogP contribution in [0.1, 0.15) is 24.5 Å². The van der Waals surface area contributed by atoms with E-state index in [0.29, 0.717) is 17.8 Å². The number of fused-ring (bicyclic) bond motifs is 1. The Morgan fingerprint density at radius 1 is 1.35 bits per heavy atom. The summed E-state index contributed by atoms with van der Waals surface area (Å²) in [4.78, 5) is 23.0. The number of ether oxygens (including phenoxy) is 1. The number of carbonyl (C=O) groups is 1. The SMILES string of the molecule is CCc1cc2c(C)cc(=O)oc2cc1OC(=O)CCN. The molecule has 106 valence electrons. The third-order valence-electron chi connectivity index (χ3n) is 3.09. The van der Waals surface area contributed by atoms with Gasteiger partial charge in [-0.05, 0) is 30.5 Å². The molecule has 0 aliphatic heterocycles. The van der Waals surface area contributed by atoms with Crippen molar-refractivity contribution >= 4 is 16.9 Å². The lowest BCUT2D eigenvalue weighted by molar-refractivity contribution is -0.134. The highest BCUT2D eigenvalue weighted by Gasteiger charge is 2.12. The van der Waals surface area contributed by atoms with Crippen molar-refractivity contribution in [3.8, 4) is 5.75 Å². The van der Waals surface area contributed by atoms with Crippen molar-refractivity contribution in [1.29, 1.82) is 0 Å². The number of hydrogen-bond acceptors (Lipinski definition) is 5. The molecule has 5 heteroatoms. The lowest BCUT2D eigenvalue weighted by Gasteiger charge is -2.10. The Bertz CT molecular complexity index is 703. The van der Waals surface area contributed by atoms with Gasteiger partial charge in [0.25, 0.3) is 0 Å². The second kappa shape index (κ2) is 5.88. The summed E-state index contributed by atoms with van der Waals surface area (Å²) in [5.41, 5.74) is 7.05. The van der Waals surface area contributed by atoms with E-state index in [1.807, 2.05) is 19.9 Å². The Labute approximate surface area is 116 Å². The molecule has 0 saturated carbocycles. The zero-order valence-corrected chi connectivity index (χ0v) is 11.6. The van der Waals surface area contributed by atoms with Gasteiger partial charge in [0.15, 0.2) is 0 Å². The Hall–Kier alpha value is -2.14. The van der Waals surface area contributed by atoms with Crippen LogP contribution >= 0.6 is 0 Å². The normalized spacial score (nSPS) is 10.8. The summed E-state index contributed by atoms with van der Waals surface area (Å²) < 4.78 is 10.4. The van der Waals surface area contributed by atoms with Crippen LogP contribution in [0.2, 0.25) is 0 Å². The quantitative estimate of drug-likeness (QED) is 0.523. The van der Waals surface area contributed by atoms with Crippen molar-refractivity contribution in [1.82, 2.24) is 0 Å². The van der Waals surface area contributed by atoms with E-state index in [2.05, 4.69) is 0 Å².